The van der Waals surface area contributed by atoms with Gasteiger partial charge in [-0.3, -0.25) is 9.59 Å². The number of hydrogen-bond donors (Lipinski definition) is 1. The van der Waals surface area contributed by atoms with Crippen LogP contribution in [-0.4, -0.2) is 17.7 Å². The minimum absolute atomic E-state index is 0.191. The van der Waals surface area contributed by atoms with Crippen LogP contribution in [0, 0.1) is 0 Å². The fourth-order valence-electron chi connectivity index (χ4n) is 2.46. The van der Waals surface area contributed by atoms with Gasteiger partial charge < -0.3 is 14.3 Å². The Morgan fingerprint density at radius 2 is 2.09 bits per heavy atom. The summed E-state index contributed by atoms with van der Waals surface area (Å²) in [5.74, 6) is -0.432. The molecule has 0 aliphatic heterocycles. The monoisotopic (exact) mass is 310 g/mol. The van der Waals surface area contributed by atoms with Crippen LogP contribution >= 0.6 is 0 Å². The van der Waals surface area contributed by atoms with Crippen LogP contribution in [0.2, 0.25) is 0 Å². The van der Waals surface area contributed by atoms with Gasteiger partial charge in [0, 0.05) is 11.6 Å². The van der Waals surface area contributed by atoms with E-state index < -0.39 is 5.97 Å². The molecule has 0 bridgehead atoms. The van der Waals surface area contributed by atoms with E-state index in [2.05, 4.69) is 6.58 Å². The maximum atomic E-state index is 12.6. The lowest BCUT2D eigenvalue weighted by Crippen LogP contribution is -2.06. The summed E-state index contributed by atoms with van der Waals surface area (Å²) in [6, 6.07) is 9.89. The Labute approximate surface area is 131 Å². The van der Waals surface area contributed by atoms with E-state index in [-0.39, 0.29) is 11.8 Å². The van der Waals surface area contributed by atoms with Gasteiger partial charge in [-0.2, -0.15) is 0 Å². The summed E-state index contributed by atoms with van der Waals surface area (Å²) in [6.07, 6.45) is 1.41. The van der Waals surface area contributed by atoms with Crippen LogP contribution in [0.4, 0.5) is 0 Å². The smallest absolute Gasteiger partial charge is 0.307 e. The number of ether oxygens (including phenoxy) is 1. The van der Waals surface area contributed by atoms with E-state index in [0.29, 0.717) is 39.9 Å². The Kier molecular flexibility index (Phi) is 3.85. The molecule has 5 nitrogen and oxygen atoms in total. The van der Waals surface area contributed by atoms with Gasteiger partial charge in [-0.1, -0.05) is 24.8 Å². The predicted molar refractivity (Wildman–Crippen MR) is 87.0 cm³/mol. The molecule has 23 heavy (non-hydrogen) atoms. The Hall–Kier alpha value is -3.08. The molecule has 0 aliphatic carbocycles. The predicted octanol–water partition coefficient (Wildman–Crippen LogP) is 3.14. The van der Waals surface area contributed by atoms with Crippen LogP contribution in [0.1, 0.15) is 5.56 Å². The molecule has 0 spiro atoms. The molecule has 1 aromatic heterocycles. The molecular weight excluding hydrogens is 296 g/mol. The standard InChI is InChI=1S/C18H14O5/c1-2-8-22-12-6-7-13-15(10-12)23-18-11(9-16(19)20)4-3-5-14(18)17(13)21/h2-7,10H,1,8-9H2,(H,19,20). The number of hydrogen-bond acceptors (Lipinski definition) is 4. The minimum Gasteiger partial charge on any atom is -0.489 e. The first-order valence-corrected chi connectivity index (χ1v) is 7.04. The maximum Gasteiger partial charge on any atom is 0.307 e. The van der Waals surface area contributed by atoms with Crippen molar-refractivity contribution in [3.05, 3.63) is 64.8 Å². The lowest BCUT2D eigenvalue weighted by atomic mass is 10.1. The number of carboxylic acid groups (broad SMARTS) is 1. The van der Waals surface area contributed by atoms with Gasteiger partial charge >= 0.3 is 5.97 Å². The second-order valence-electron chi connectivity index (χ2n) is 5.05. The molecule has 5 heteroatoms. The second kappa shape index (κ2) is 5.96. The van der Waals surface area contributed by atoms with E-state index in [1.807, 2.05) is 0 Å². The van der Waals surface area contributed by atoms with Gasteiger partial charge in [0.15, 0.2) is 0 Å². The average Bonchev–Trinajstić information content (AvgIpc) is 2.53. The quantitative estimate of drug-likeness (QED) is 0.578. The number of carbonyl (C=O) groups is 1. The van der Waals surface area contributed by atoms with Gasteiger partial charge in [-0.05, 0) is 18.2 Å². The third-order valence-corrected chi connectivity index (χ3v) is 3.46. The zero-order chi connectivity index (χ0) is 16.4. The topological polar surface area (TPSA) is 76.7 Å². The van der Waals surface area contributed by atoms with E-state index in [9.17, 15) is 9.59 Å². The van der Waals surface area contributed by atoms with Crippen molar-refractivity contribution in [2.45, 2.75) is 6.42 Å². The first-order valence-electron chi connectivity index (χ1n) is 7.04. The summed E-state index contributed by atoms with van der Waals surface area (Å²) in [5.41, 5.74) is 0.936. The molecule has 0 unspecified atom stereocenters. The van der Waals surface area contributed by atoms with Crippen molar-refractivity contribution in [3.63, 3.8) is 0 Å². The molecule has 1 N–H and O–H groups in total. The highest BCUT2D eigenvalue weighted by Gasteiger charge is 2.13. The third kappa shape index (κ3) is 2.81. The van der Waals surface area contributed by atoms with Crippen molar-refractivity contribution >= 4 is 27.9 Å². The molecule has 0 atom stereocenters. The molecule has 0 radical (unpaired) electrons. The molecular formula is C18H14O5. The molecule has 0 saturated heterocycles. The number of rotatable bonds is 5. The van der Waals surface area contributed by atoms with Crippen molar-refractivity contribution in [2.75, 3.05) is 6.61 Å². The Balaban J connectivity index is 2.25. The van der Waals surface area contributed by atoms with Crippen LogP contribution < -0.4 is 10.2 Å². The molecule has 1 heterocycles. The van der Waals surface area contributed by atoms with Gasteiger partial charge in [-0.15, -0.1) is 0 Å². The molecule has 2 aromatic carbocycles. The first-order chi connectivity index (χ1) is 11.1. The minimum atomic E-state index is -0.983. The van der Waals surface area contributed by atoms with Crippen LogP contribution in [0.5, 0.6) is 5.75 Å². The van der Waals surface area contributed by atoms with E-state index in [0.717, 1.165) is 0 Å². The number of aliphatic carboxylic acids is 1. The zero-order valence-electron chi connectivity index (χ0n) is 12.2. The first kappa shape index (κ1) is 14.8. The van der Waals surface area contributed by atoms with Gasteiger partial charge in [0.25, 0.3) is 0 Å². The molecule has 0 saturated carbocycles. The summed E-state index contributed by atoms with van der Waals surface area (Å²) in [5, 5.41) is 9.80. The van der Waals surface area contributed by atoms with Crippen molar-refractivity contribution in [2.24, 2.45) is 0 Å². The number of para-hydroxylation sites is 1. The lowest BCUT2D eigenvalue weighted by molar-refractivity contribution is -0.136. The Morgan fingerprint density at radius 1 is 1.26 bits per heavy atom. The number of benzene rings is 2. The number of carboxylic acids is 1. The van der Waals surface area contributed by atoms with E-state index in [1.165, 1.54) is 0 Å². The SMILES string of the molecule is C=CCOc1ccc2c(=O)c3cccc(CC(=O)O)c3oc2c1. The van der Waals surface area contributed by atoms with E-state index in [1.54, 1.807) is 42.5 Å². The maximum absolute atomic E-state index is 12.6. The van der Waals surface area contributed by atoms with Gasteiger partial charge in [0.05, 0.1) is 17.2 Å². The largest absolute Gasteiger partial charge is 0.489 e. The van der Waals surface area contributed by atoms with Crippen molar-refractivity contribution in [3.8, 4) is 5.75 Å². The summed E-state index contributed by atoms with van der Waals surface area (Å²) in [7, 11) is 0. The van der Waals surface area contributed by atoms with E-state index in [4.69, 9.17) is 14.3 Å². The highest BCUT2D eigenvalue weighted by Crippen LogP contribution is 2.25. The van der Waals surface area contributed by atoms with Gasteiger partial charge in [0.2, 0.25) is 5.43 Å². The summed E-state index contributed by atoms with van der Waals surface area (Å²) in [6.45, 7) is 3.92. The van der Waals surface area contributed by atoms with Crippen molar-refractivity contribution in [1.29, 1.82) is 0 Å². The second-order valence-corrected chi connectivity index (χ2v) is 5.05. The summed E-state index contributed by atoms with van der Waals surface area (Å²) in [4.78, 5) is 23.6. The molecule has 3 aromatic rings. The zero-order valence-corrected chi connectivity index (χ0v) is 12.2. The molecule has 0 fully saturated rings. The van der Waals surface area contributed by atoms with Crippen molar-refractivity contribution < 1.29 is 19.1 Å². The highest BCUT2D eigenvalue weighted by molar-refractivity contribution is 5.92. The fraction of sp³-hybridized carbons (Fsp3) is 0.111. The summed E-state index contributed by atoms with van der Waals surface area (Å²) >= 11 is 0. The normalized spacial score (nSPS) is 10.8. The van der Waals surface area contributed by atoms with E-state index >= 15 is 0 Å². The Bertz CT molecular complexity index is 968. The summed E-state index contributed by atoms with van der Waals surface area (Å²) < 4.78 is 11.2. The average molecular weight is 310 g/mol. The molecule has 0 aliphatic rings. The third-order valence-electron chi connectivity index (χ3n) is 3.46. The van der Waals surface area contributed by atoms with Crippen LogP contribution in [-0.2, 0) is 11.2 Å². The van der Waals surface area contributed by atoms with Gasteiger partial charge in [0.1, 0.15) is 23.5 Å². The van der Waals surface area contributed by atoms with Crippen LogP contribution in [0.3, 0.4) is 0 Å². The van der Waals surface area contributed by atoms with Crippen molar-refractivity contribution in [1.82, 2.24) is 0 Å². The van der Waals surface area contributed by atoms with Gasteiger partial charge in [-0.25, -0.2) is 0 Å². The lowest BCUT2D eigenvalue weighted by Gasteiger charge is -2.07. The fourth-order valence-corrected chi connectivity index (χ4v) is 2.46. The number of fused-ring (bicyclic) bond motifs is 2. The van der Waals surface area contributed by atoms with Crippen LogP contribution in [0.15, 0.2) is 58.3 Å². The molecule has 3 rings (SSSR count). The molecule has 0 amide bonds. The molecule has 116 valence electrons. The van der Waals surface area contributed by atoms with Crippen LogP contribution in [0.25, 0.3) is 21.9 Å². The Morgan fingerprint density at radius 3 is 2.83 bits per heavy atom. The highest BCUT2D eigenvalue weighted by atomic mass is 16.5.